The van der Waals surface area contributed by atoms with Crippen molar-refractivity contribution >= 4 is 21.6 Å². The van der Waals surface area contributed by atoms with Gasteiger partial charge in [-0.15, -0.1) is 0 Å². The fraction of sp³-hybridized carbons (Fsp3) is 0.167. The summed E-state index contributed by atoms with van der Waals surface area (Å²) >= 11 is 3.47. The standard InChI is InChI=1S/C18H16BrN3O5/c1-25-14-5-4-10(7-13(14)22(23)24)16-17(21-9-20-16)11-6-12(19)18(27-3)15(8-11)26-2/h4-9H,1-3H3,(H,20,21). The number of benzene rings is 2. The molecule has 1 aromatic heterocycles. The number of nitrogens with zero attached hydrogens (tertiary/aromatic N) is 2. The average Bonchev–Trinajstić information content (AvgIpc) is 3.16. The number of methoxy groups -OCH3 is 3. The van der Waals surface area contributed by atoms with Crippen LogP contribution in [0.15, 0.2) is 41.1 Å². The highest BCUT2D eigenvalue weighted by atomic mass is 79.9. The first-order valence-corrected chi connectivity index (χ1v) is 8.57. The van der Waals surface area contributed by atoms with Crippen LogP contribution in [0.1, 0.15) is 0 Å². The first-order valence-electron chi connectivity index (χ1n) is 7.78. The van der Waals surface area contributed by atoms with Crippen LogP contribution in [0, 0.1) is 10.1 Å². The van der Waals surface area contributed by atoms with E-state index in [1.54, 1.807) is 32.4 Å². The zero-order valence-electron chi connectivity index (χ0n) is 14.8. The lowest BCUT2D eigenvalue weighted by molar-refractivity contribution is -0.385. The highest BCUT2D eigenvalue weighted by molar-refractivity contribution is 9.10. The third-order valence-corrected chi connectivity index (χ3v) is 4.60. The monoisotopic (exact) mass is 433 g/mol. The Hall–Kier alpha value is -3.07. The zero-order chi connectivity index (χ0) is 19.6. The van der Waals surface area contributed by atoms with E-state index in [4.69, 9.17) is 14.2 Å². The molecule has 1 N–H and O–H groups in total. The Morgan fingerprint density at radius 1 is 1.04 bits per heavy atom. The predicted molar refractivity (Wildman–Crippen MR) is 103 cm³/mol. The Balaban J connectivity index is 2.14. The lowest BCUT2D eigenvalue weighted by Crippen LogP contribution is -1.95. The van der Waals surface area contributed by atoms with E-state index in [0.717, 1.165) is 5.56 Å². The second-order valence-electron chi connectivity index (χ2n) is 5.46. The highest BCUT2D eigenvalue weighted by Gasteiger charge is 2.20. The van der Waals surface area contributed by atoms with Gasteiger partial charge in [0.25, 0.3) is 0 Å². The fourth-order valence-corrected chi connectivity index (χ4v) is 3.38. The van der Waals surface area contributed by atoms with Gasteiger partial charge in [-0.3, -0.25) is 10.1 Å². The minimum Gasteiger partial charge on any atom is -0.493 e. The molecular formula is C18H16BrN3O5. The number of halogens is 1. The molecule has 0 spiro atoms. The van der Waals surface area contributed by atoms with Gasteiger partial charge in [0.2, 0.25) is 0 Å². The number of imidazole rings is 1. The van der Waals surface area contributed by atoms with Crippen LogP contribution in [0.25, 0.3) is 22.5 Å². The maximum atomic E-state index is 11.3. The molecule has 0 bridgehead atoms. The van der Waals surface area contributed by atoms with Gasteiger partial charge in [-0.1, -0.05) is 0 Å². The van der Waals surface area contributed by atoms with Crippen LogP contribution in [-0.4, -0.2) is 36.2 Å². The van der Waals surface area contributed by atoms with Crippen molar-refractivity contribution in [2.45, 2.75) is 0 Å². The molecule has 0 saturated heterocycles. The molecule has 9 heteroatoms. The Kier molecular flexibility index (Phi) is 5.31. The van der Waals surface area contributed by atoms with Crippen molar-refractivity contribution in [2.75, 3.05) is 21.3 Å². The molecule has 27 heavy (non-hydrogen) atoms. The number of aromatic nitrogens is 2. The van der Waals surface area contributed by atoms with Crippen molar-refractivity contribution in [1.82, 2.24) is 9.97 Å². The molecular weight excluding hydrogens is 418 g/mol. The third kappa shape index (κ3) is 3.45. The van der Waals surface area contributed by atoms with Gasteiger partial charge in [-0.2, -0.15) is 0 Å². The second-order valence-corrected chi connectivity index (χ2v) is 6.32. The zero-order valence-corrected chi connectivity index (χ0v) is 16.4. The number of hydrogen-bond acceptors (Lipinski definition) is 6. The van der Waals surface area contributed by atoms with Crippen LogP contribution in [0.2, 0.25) is 0 Å². The maximum absolute atomic E-state index is 11.3. The van der Waals surface area contributed by atoms with Gasteiger partial charge in [-0.25, -0.2) is 4.98 Å². The molecule has 0 aliphatic heterocycles. The molecule has 0 radical (unpaired) electrons. The highest BCUT2D eigenvalue weighted by Crippen LogP contribution is 2.41. The molecule has 0 aliphatic rings. The molecule has 0 unspecified atom stereocenters. The van der Waals surface area contributed by atoms with Crippen LogP contribution in [0.3, 0.4) is 0 Å². The van der Waals surface area contributed by atoms with Crippen LogP contribution in [-0.2, 0) is 0 Å². The summed E-state index contributed by atoms with van der Waals surface area (Å²) in [5.41, 5.74) is 2.51. The number of nitro groups is 1. The molecule has 140 valence electrons. The largest absolute Gasteiger partial charge is 0.493 e. The number of ether oxygens (including phenoxy) is 3. The van der Waals surface area contributed by atoms with E-state index in [-0.39, 0.29) is 11.4 Å². The van der Waals surface area contributed by atoms with Crippen LogP contribution >= 0.6 is 15.9 Å². The van der Waals surface area contributed by atoms with Gasteiger partial charge in [0.15, 0.2) is 17.2 Å². The quantitative estimate of drug-likeness (QED) is 0.455. The summed E-state index contributed by atoms with van der Waals surface area (Å²) in [7, 11) is 4.50. The van der Waals surface area contributed by atoms with Crippen LogP contribution < -0.4 is 14.2 Å². The van der Waals surface area contributed by atoms with Crippen molar-refractivity contribution in [1.29, 1.82) is 0 Å². The van der Waals surface area contributed by atoms with Gasteiger partial charge in [0, 0.05) is 17.2 Å². The van der Waals surface area contributed by atoms with Crippen LogP contribution in [0.4, 0.5) is 5.69 Å². The second kappa shape index (κ2) is 7.67. The van der Waals surface area contributed by atoms with Crippen molar-refractivity contribution in [3.05, 3.63) is 51.2 Å². The molecule has 3 rings (SSSR count). The molecule has 2 aromatic carbocycles. The number of H-pyrrole nitrogens is 1. The van der Waals surface area contributed by atoms with Gasteiger partial charge < -0.3 is 19.2 Å². The van der Waals surface area contributed by atoms with E-state index >= 15 is 0 Å². The summed E-state index contributed by atoms with van der Waals surface area (Å²) in [6.45, 7) is 0. The molecule has 0 saturated carbocycles. The summed E-state index contributed by atoms with van der Waals surface area (Å²) in [4.78, 5) is 18.3. The number of hydrogen-bond donors (Lipinski definition) is 1. The molecule has 0 aliphatic carbocycles. The summed E-state index contributed by atoms with van der Waals surface area (Å²) in [5, 5.41) is 11.3. The fourth-order valence-electron chi connectivity index (χ4n) is 2.78. The van der Waals surface area contributed by atoms with Gasteiger partial charge in [0.1, 0.15) is 0 Å². The van der Waals surface area contributed by atoms with Crippen LogP contribution in [0.5, 0.6) is 17.2 Å². The molecule has 0 fully saturated rings. The number of rotatable bonds is 6. The smallest absolute Gasteiger partial charge is 0.311 e. The van der Waals surface area contributed by atoms with Gasteiger partial charge in [-0.05, 0) is 40.2 Å². The molecule has 8 nitrogen and oxygen atoms in total. The SMILES string of the molecule is COc1ccc(-c2[nH]cnc2-c2cc(Br)c(OC)c(OC)c2)cc1[N+](=O)[O-]. The minimum absolute atomic E-state index is 0.121. The lowest BCUT2D eigenvalue weighted by Gasteiger charge is -2.12. The topological polar surface area (TPSA) is 99.5 Å². The third-order valence-electron chi connectivity index (χ3n) is 4.01. The van der Waals surface area contributed by atoms with E-state index in [1.165, 1.54) is 19.5 Å². The molecule has 0 amide bonds. The van der Waals surface area contributed by atoms with Crippen molar-refractivity contribution in [2.24, 2.45) is 0 Å². The normalized spacial score (nSPS) is 10.5. The Morgan fingerprint density at radius 3 is 2.41 bits per heavy atom. The summed E-state index contributed by atoms with van der Waals surface area (Å²) in [6.07, 6.45) is 1.53. The lowest BCUT2D eigenvalue weighted by atomic mass is 10.0. The van der Waals surface area contributed by atoms with E-state index in [1.807, 2.05) is 6.07 Å². The minimum atomic E-state index is -0.481. The van der Waals surface area contributed by atoms with Gasteiger partial charge >= 0.3 is 5.69 Å². The number of nitro benzene ring substituents is 1. The molecule has 3 aromatic rings. The maximum Gasteiger partial charge on any atom is 0.311 e. The van der Waals surface area contributed by atoms with E-state index in [2.05, 4.69) is 25.9 Å². The van der Waals surface area contributed by atoms with Crippen molar-refractivity contribution in [3.8, 4) is 39.8 Å². The van der Waals surface area contributed by atoms with Crippen molar-refractivity contribution < 1.29 is 19.1 Å². The Morgan fingerprint density at radius 2 is 1.78 bits per heavy atom. The Bertz CT molecular complexity index is 1000. The van der Waals surface area contributed by atoms with E-state index in [0.29, 0.717) is 32.9 Å². The van der Waals surface area contributed by atoms with E-state index < -0.39 is 4.92 Å². The number of nitrogens with one attached hydrogen (secondary N) is 1. The summed E-state index contributed by atoms with van der Waals surface area (Å²) < 4.78 is 16.5. The average molecular weight is 434 g/mol. The summed E-state index contributed by atoms with van der Waals surface area (Å²) in [6, 6.07) is 8.38. The number of aromatic amines is 1. The van der Waals surface area contributed by atoms with E-state index in [9.17, 15) is 10.1 Å². The Labute approximate surface area is 163 Å². The first kappa shape index (κ1) is 18.7. The van der Waals surface area contributed by atoms with Crippen molar-refractivity contribution in [3.63, 3.8) is 0 Å². The predicted octanol–water partition coefficient (Wildman–Crippen LogP) is 4.44. The first-order chi connectivity index (χ1) is 13.0. The molecule has 1 heterocycles. The molecule has 0 atom stereocenters. The summed E-state index contributed by atoms with van der Waals surface area (Å²) in [5.74, 6) is 1.30. The van der Waals surface area contributed by atoms with Gasteiger partial charge in [0.05, 0.1) is 48.4 Å².